The second-order valence-corrected chi connectivity index (χ2v) is 8.49. The number of hydrogen-bond acceptors (Lipinski definition) is 8. The van der Waals surface area contributed by atoms with E-state index in [4.69, 9.17) is 17.3 Å². The molecule has 0 unspecified atom stereocenters. The van der Waals surface area contributed by atoms with Crippen molar-refractivity contribution in [2.75, 3.05) is 30.1 Å². The van der Waals surface area contributed by atoms with Gasteiger partial charge in [-0.2, -0.15) is 9.97 Å². The molecule has 178 valence electrons. The molecular formula is C23H20ClFN8O2. The van der Waals surface area contributed by atoms with Crippen LogP contribution in [-0.2, 0) is 0 Å². The first-order valence-electron chi connectivity index (χ1n) is 10.6. The first-order valence-corrected chi connectivity index (χ1v) is 11.0. The third-order valence-corrected chi connectivity index (χ3v) is 5.97. The molecule has 12 heteroatoms. The zero-order valence-corrected chi connectivity index (χ0v) is 19.5. The average Bonchev–Trinajstić information content (AvgIpc) is 2.81. The second-order valence-electron chi connectivity index (χ2n) is 8.08. The summed E-state index contributed by atoms with van der Waals surface area (Å²) in [5.41, 5.74) is 6.27. The Morgan fingerprint density at radius 2 is 1.94 bits per heavy atom. The molecule has 0 fully saturated rings. The van der Waals surface area contributed by atoms with Crippen LogP contribution in [0.25, 0.3) is 16.6 Å². The molecule has 5 rings (SSSR count). The molecule has 1 atom stereocenters. The fraction of sp³-hybridized carbons (Fsp3) is 0.174. The lowest BCUT2D eigenvalue weighted by molar-refractivity contribution is 0.0796. The number of aromatic nitrogens is 4. The topological polar surface area (TPSA) is 131 Å². The molecule has 4 aromatic rings. The zero-order valence-electron chi connectivity index (χ0n) is 18.7. The summed E-state index contributed by atoms with van der Waals surface area (Å²) in [5, 5.41) is 6.61. The normalized spacial score (nSPS) is 13.9. The van der Waals surface area contributed by atoms with Crippen LogP contribution in [0.4, 0.5) is 22.0 Å². The molecule has 0 spiro atoms. The first kappa shape index (κ1) is 22.5. The van der Waals surface area contributed by atoms with Gasteiger partial charge in [0.25, 0.3) is 11.5 Å². The number of nitrogens with one attached hydrogen (secondary N) is 2. The van der Waals surface area contributed by atoms with Gasteiger partial charge >= 0.3 is 0 Å². The summed E-state index contributed by atoms with van der Waals surface area (Å²) in [6, 6.07) is 9.88. The van der Waals surface area contributed by atoms with E-state index < -0.39 is 17.4 Å². The summed E-state index contributed by atoms with van der Waals surface area (Å²) in [5.74, 6) is -0.118. The van der Waals surface area contributed by atoms with Crippen molar-refractivity contribution >= 4 is 46.0 Å². The number of amides is 1. The highest BCUT2D eigenvalue weighted by atomic mass is 35.5. The van der Waals surface area contributed by atoms with Crippen molar-refractivity contribution in [3.63, 3.8) is 0 Å². The van der Waals surface area contributed by atoms with Crippen molar-refractivity contribution in [3.05, 3.63) is 75.0 Å². The highest BCUT2D eigenvalue weighted by Gasteiger charge is 2.29. The summed E-state index contributed by atoms with van der Waals surface area (Å²) < 4.78 is 15.4. The lowest BCUT2D eigenvalue weighted by Gasteiger charge is -2.28. The van der Waals surface area contributed by atoms with Crippen LogP contribution in [0.3, 0.4) is 0 Å². The Bertz CT molecular complexity index is 1560. The number of carbonyl (C=O) groups is 1. The molecule has 0 radical (unpaired) electrons. The van der Waals surface area contributed by atoms with Gasteiger partial charge in [-0.15, -0.1) is 0 Å². The minimum absolute atomic E-state index is 0.0379. The Balaban J connectivity index is 1.70. The van der Waals surface area contributed by atoms with Crippen molar-refractivity contribution in [3.8, 4) is 5.69 Å². The largest absolute Gasteiger partial charge is 0.368 e. The van der Waals surface area contributed by atoms with Crippen molar-refractivity contribution in [2.45, 2.75) is 13.0 Å². The van der Waals surface area contributed by atoms with Crippen LogP contribution < -0.4 is 21.9 Å². The maximum Gasteiger partial charge on any atom is 0.267 e. The van der Waals surface area contributed by atoms with Crippen molar-refractivity contribution in [1.82, 2.24) is 24.4 Å². The maximum absolute atomic E-state index is 14.1. The lowest BCUT2D eigenvalue weighted by atomic mass is 10.1. The molecule has 0 saturated heterocycles. The monoisotopic (exact) mass is 494 g/mol. The quantitative estimate of drug-likeness (QED) is 0.394. The van der Waals surface area contributed by atoms with Crippen molar-refractivity contribution in [2.24, 2.45) is 0 Å². The van der Waals surface area contributed by atoms with Gasteiger partial charge < -0.3 is 21.3 Å². The summed E-state index contributed by atoms with van der Waals surface area (Å²) in [6.45, 7) is 2.01. The predicted octanol–water partition coefficient (Wildman–Crippen LogP) is 3.18. The fourth-order valence-corrected chi connectivity index (χ4v) is 4.25. The van der Waals surface area contributed by atoms with E-state index in [0.29, 0.717) is 11.3 Å². The molecule has 1 amide bonds. The molecule has 2 aromatic carbocycles. The summed E-state index contributed by atoms with van der Waals surface area (Å²) in [4.78, 5) is 40.9. The fourth-order valence-electron chi connectivity index (χ4n) is 4.00. The number of fused-ring (bicyclic) bond motifs is 2. The van der Waals surface area contributed by atoms with E-state index in [9.17, 15) is 14.0 Å². The number of nitrogen functional groups attached to an aromatic ring is 1. The Morgan fingerprint density at radius 1 is 1.17 bits per heavy atom. The number of halogens is 2. The van der Waals surface area contributed by atoms with E-state index in [1.807, 2.05) is 0 Å². The molecule has 1 aliphatic heterocycles. The van der Waals surface area contributed by atoms with E-state index in [1.54, 1.807) is 38.2 Å². The number of hydrogen-bond donors (Lipinski definition) is 3. The maximum atomic E-state index is 14.1. The molecule has 35 heavy (non-hydrogen) atoms. The van der Waals surface area contributed by atoms with E-state index in [2.05, 4.69) is 25.6 Å². The number of carbonyl (C=O) groups excluding carboxylic acids is 1. The number of benzene rings is 2. The van der Waals surface area contributed by atoms with Crippen LogP contribution in [0.1, 0.15) is 29.1 Å². The highest BCUT2D eigenvalue weighted by Crippen LogP contribution is 2.30. The first-order chi connectivity index (χ1) is 16.7. The summed E-state index contributed by atoms with van der Waals surface area (Å²) in [6.07, 6.45) is 0. The van der Waals surface area contributed by atoms with E-state index in [1.165, 1.54) is 27.7 Å². The number of nitrogens with zero attached hydrogens (tertiary/aromatic N) is 5. The Kier molecular flexibility index (Phi) is 5.48. The average molecular weight is 495 g/mol. The Labute approximate surface area is 203 Å². The Morgan fingerprint density at radius 3 is 2.71 bits per heavy atom. The smallest absolute Gasteiger partial charge is 0.267 e. The minimum atomic E-state index is -0.673. The summed E-state index contributed by atoms with van der Waals surface area (Å²) in [7, 11) is 1.64. The van der Waals surface area contributed by atoms with Crippen LogP contribution >= 0.6 is 11.6 Å². The van der Waals surface area contributed by atoms with Gasteiger partial charge in [0, 0.05) is 7.05 Å². The molecule has 3 heterocycles. The van der Waals surface area contributed by atoms with Gasteiger partial charge in [-0.1, -0.05) is 23.7 Å². The van der Waals surface area contributed by atoms with Gasteiger partial charge in [-0.3, -0.25) is 14.2 Å². The van der Waals surface area contributed by atoms with E-state index in [0.717, 1.165) is 0 Å². The molecule has 0 saturated carbocycles. The van der Waals surface area contributed by atoms with Crippen LogP contribution in [-0.4, -0.2) is 44.0 Å². The van der Waals surface area contributed by atoms with Crippen LogP contribution in [0.15, 0.2) is 47.3 Å². The van der Waals surface area contributed by atoms with Crippen molar-refractivity contribution in [1.29, 1.82) is 0 Å². The zero-order chi connectivity index (χ0) is 24.9. The van der Waals surface area contributed by atoms with Gasteiger partial charge in [0.15, 0.2) is 0 Å². The number of rotatable bonds is 4. The number of nitrogens with two attached hydrogens (primary N) is 1. The molecule has 1 aliphatic rings. The van der Waals surface area contributed by atoms with Crippen LogP contribution in [0, 0.1) is 5.82 Å². The molecular weight excluding hydrogens is 475 g/mol. The SMILES string of the molecule is C[C@H](Nc1nc(N)nc2c1C(=O)N(C)CN2)c1nc2cccc(Cl)c2c(=O)n1-c1cccc(F)c1. The minimum Gasteiger partial charge on any atom is -0.368 e. The van der Waals surface area contributed by atoms with Crippen LogP contribution in [0.2, 0.25) is 5.02 Å². The molecule has 0 bridgehead atoms. The third-order valence-electron chi connectivity index (χ3n) is 5.65. The van der Waals surface area contributed by atoms with Crippen molar-refractivity contribution < 1.29 is 9.18 Å². The van der Waals surface area contributed by atoms with E-state index >= 15 is 0 Å². The molecule has 4 N–H and O–H groups in total. The van der Waals surface area contributed by atoms with Gasteiger partial charge in [0.05, 0.1) is 34.3 Å². The predicted molar refractivity (Wildman–Crippen MR) is 131 cm³/mol. The van der Waals surface area contributed by atoms with Gasteiger partial charge in [0.1, 0.15) is 28.8 Å². The highest BCUT2D eigenvalue weighted by molar-refractivity contribution is 6.35. The van der Waals surface area contributed by atoms with Gasteiger partial charge in [0.2, 0.25) is 5.95 Å². The third kappa shape index (κ3) is 3.89. The molecule has 0 aliphatic carbocycles. The van der Waals surface area contributed by atoms with Crippen LogP contribution in [0.5, 0.6) is 0 Å². The molecule has 2 aromatic heterocycles. The van der Waals surface area contributed by atoms with Gasteiger partial charge in [-0.05, 0) is 37.3 Å². The second kappa shape index (κ2) is 8.51. The lowest BCUT2D eigenvalue weighted by Crippen LogP contribution is -2.38. The van der Waals surface area contributed by atoms with E-state index in [-0.39, 0.29) is 51.8 Å². The standard InChI is InChI=1S/C23H20ClFN8O2/c1-11(28-19-17-18(30-23(26)31-19)27-10-32(2)21(17)34)20-29-15-8-4-7-14(24)16(15)22(35)33(20)13-6-3-5-12(25)9-13/h3-9,11H,10H2,1-2H3,(H4,26,27,28,30,31)/t11-/m0/s1. The Hall–Kier alpha value is -4.25. The number of anilines is 3. The van der Waals surface area contributed by atoms with Gasteiger partial charge in [-0.25, -0.2) is 9.37 Å². The summed E-state index contributed by atoms with van der Waals surface area (Å²) >= 11 is 6.32. The molecule has 10 nitrogen and oxygen atoms in total.